The third kappa shape index (κ3) is 3.88. The maximum Gasteiger partial charge on any atom is 0.209 e. The minimum atomic E-state index is 0.331. The summed E-state index contributed by atoms with van der Waals surface area (Å²) < 4.78 is 2.01. The summed E-state index contributed by atoms with van der Waals surface area (Å²) in [6, 6.07) is 0.556. The van der Waals surface area contributed by atoms with Crippen molar-refractivity contribution in [3.05, 3.63) is 0 Å². The van der Waals surface area contributed by atoms with E-state index in [2.05, 4.69) is 42.0 Å². The lowest BCUT2D eigenvalue weighted by Crippen LogP contribution is -2.26. The van der Waals surface area contributed by atoms with E-state index in [1.54, 1.807) is 0 Å². The molecule has 19 heavy (non-hydrogen) atoms. The number of aromatic nitrogens is 4. The molecule has 1 heterocycles. The van der Waals surface area contributed by atoms with E-state index < -0.39 is 0 Å². The van der Waals surface area contributed by atoms with Crippen LogP contribution < -0.4 is 0 Å². The van der Waals surface area contributed by atoms with Crippen LogP contribution in [-0.4, -0.2) is 31.7 Å². The minimum Gasteiger partial charge on any atom is -0.217 e. The predicted molar refractivity (Wildman–Crippen MR) is 82.9 cm³/mol. The third-order valence-electron chi connectivity index (χ3n) is 3.76. The number of hydrogen-bond acceptors (Lipinski definition) is 5. The van der Waals surface area contributed by atoms with Crippen LogP contribution in [0, 0.1) is 5.41 Å². The summed E-state index contributed by atoms with van der Waals surface area (Å²) >= 11 is 6.42. The van der Waals surface area contributed by atoms with E-state index >= 15 is 0 Å². The molecule has 1 aliphatic carbocycles. The monoisotopic (exact) mass is 300 g/mol. The Kier molecular flexibility index (Phi) is 5.57. The summed E-state index contributed by atoms with van der Waals surface area (Å²) in [4.78, 5) is 0. The van der Waals surface area contributed by atoms with Gasteiger partial charge in [-0.1, -0.05) is 38.5 Å². The Hall–Kier alpha value is -0.230. The largest absolute Gasteiger partial charge is 0.217 e. The summed E-state index contributed by atoms with van der Waals surface area (Å²) in [6.07, 6.45) is 7.36. The van der Waals surface area contributed by atoms with Crippen LogP contribution in [0.5, 0.6) is 0 Å². The number of thioether (sulfide) groups is 1. The van der Waals surface area contributed by atoms with Gasteiger partial charge >= 0.3 is 0 Å². The highest BCUT2D eigenvalue weighted by atomic mass is 32.2. The molecule has 0 aromatic carbocycles. The van der Waals surface area contributed by atoms with E-state index in [1.165, 1.54) is 38.5 Å². The molecule has 1 saturated carbocycles. The fourth-order valence-electron chi connectivity index (χ4n) is 2.58. The van der Waals surface area contributed by atoms with Crippen molar-refractivity contribution in [2.75, 3.05) is 11.5 Å². The van der Waals surface area contributed by atoms with E-state index in [0.717, 1.165) is 16.7 Å². The van der Waals surface area contributed by atoms with Gasteiger partial charge in [0.2, 0.25) is 5.16 Å². The summed E-state index contributed by atoms with van der Waals surface area (Å²) in [7, 11) is 0. The fourth-order valence-corrected chi connectivity index (χ4v) is 4.40. The van der Waals surface area contributed by atoms with Crippen LogP contribution in [0.2, 0.25) is 0 Å². The quantitative estimate of drug-likeness (QED) is 0.559. The van der Waals surface area contributed by atoms with E-state index in [0.29, 0.717) is 11.5 Å². The molecule has 0 bridgehead atoms. The minimum absolute atomic E-state index is 0.331. The summed E-state index contributed by atoms with van der Waals surface area (Å²) in [5, 5.41) is 13.1. The van der Waals surface area contributed by atoms with Gasteiger partial charge in [-0.25, -0.2) is 4.68 Å². The standard InChI is InChI=1S/C13H24N4S2/c1-3-7-13(9-18,8-4-2)10-19-12-14-15-16-17(12)11-5-6-11/h11,18H,3-10H2,1-2H3. The summed E-state index contributed by atoms with van der Waals surface area (Å²) in [5.41, 5.74) is 0.331. The van der Waals surface area contributed by atoms with Gasteiger partial charge in [0.05, 0.1) is 6.04 Å². The number of thiol groups is 1. The molecule has 0 aliphatic heterocycles. The molecule has 0 amide bonds. The van der Waals surface area contributed by atoms with Gasteiger partial charge in [0, 0.05) is 5.75 Å². The van der Waals surface area contributed by atoms with Gasteiger partial charge in [0.1, 0.15) is 0 Å². The molecular formula is C13H24N4S2. The average Bonchev–Trinajstić information content (AvgIpc) is 3.15. The van der Waals surface area contributed by atoms with Crippen LogP contribution in [-0.2, 0) is 0 Å². The second-order valence-corrected chi connectivity index (χ2v) is 6.84. The molecule has 1 aliphatic rings. The molecule has 1 aromatic rings. The van der Waals surface area contributed by atoms with Crippen LogP contribution in [0.3, 0.4) is 0 Å². The highest BCUT2D eigenvalue weighted by Crippen LogP contribution is 2.40. The predicted octanol–water partition coefficient (Wildman–Crippen LogP) is 3.62. The van der Waals surface area contributed by atoms with Gasteiger partial charge in [0.15, 0.2) is 0 Å². The van der Waals surface area contributed by atoms with Gasteiger partial charge in [-0.05, 0) is 47.3 Å². The molecule has 2 rings (SSSR count). The van der Waals surface area contributed by atoms with Gasteiger partial charge in [0.25, 0.3) is 0 Å². The smallest absolute Gasteiger partial charge is 0.209 e. The Bertz CT molecular complexity index is 384. The van der Waals surface area contributed by atoms with Crippen molar-refractivity contribution in [2.24, 2.45) is 5.41 Å². The van der Waals surface area contributed by atoms with Crippen LogP contribution in [0.15, 0.2) is 5.16 Å². The highest BCUT2D eigenvalue weighted by molar-refractivity contribution is 7.99. The van der Waals surface area contributed by atoms with Crippen molar-refractivity contribution >= 4 is 24.4 Å². The lowest BCUT2D eigenvalue weighted by Gasteiger charge is -2.31. The molecular weight excluding hydrogens is 276 g/mol. The molecule has 4 nitrogen and oxygen atoms in total. The normalized spacial score (nSPS) is 15.9. The molecule has 0 saturated heterocycles. The third-order valence-corrected chi connectivity index (χ3v) is 5.71. The molecule has 1 fully saturated rings. The van der Waals surface area contributed by atoms with Crippen molar-refractivity contribution in [1.29, 1.82) is 0 Å². The maximum atomic E-state index is 4.61. The Balaban J connectivity index is 1.98. The van der Waals surface area contributed by atoms with Crippen molar-refractivity contribution in [2.45, 2.75) is 63.6 Å². The number of tetrazole rings is 1. The Morgan fingerprint density at radius 1 is 1.32 bits per heavy atom. The number of hydrogen-bond donors (Lipinski definition) is 1. The summed E-state index contributed by atoms with van der Waals surface area (Å²) in [6.45, 7) is 4.51. The van der Waals surface area contributed by atoms with E-state index in [1.807, 2.05) is 16.4 Å². The average molecular weight is 300 g/mol. The van der Waals surface area contributed by atoms with Gasteiger partial charge in [-0.15, -0.1) is 5.10 Å². The zero-order chi connectivity index (χ0) is 13.7. The fraction of sp³-hybridized carbons (Fsp3) is 0.923. The van der Waals surface area contributed by atoms with Gasteiger partial charge in [-0.3, -0.25) is 0 Å². The van der Waals surface area contributed by atoms with Crippen molar-refractivity contribution in [1.82, 2.24) is 20.2 Å². The lowest BCUT2D eigenvalue weighted by atomic mass is 9.83. The molecule has 108 valence electrons. The molecule has 0 atom stereocenters. The molecule has 1 aromatic heterocycles. The molecule has 0 N–H and O–H groups in total. The van der Waals surface area contributed by atoms with Gasteiger partial charge < -0.3 is 0 Å². The van der Waals surface area contributed by atoms with E-state index in [-0.39, 0.29) is 0 Å². The molecule has 0 unspecified atom stereocenters. The number of nitrogens with zero attached hydrogens (tertiary/aromatic N) is 4. The van der Waals surface area contributed by atoms with Crippen molar-refractivity contribution < 1.29 is 0 Å². The highest BCUT2D eigenvalue weighted by Gasteiger charge is 2.31. The first kappa shape index (κ1) is 15.2. The second kappa shape index (κ2) is 6.97. The Morgan fingerprint density at radius 3 is 2.53 bits per heavy atom. The maximum absolute atomic E-state index is 4.61. The zero-order valence-electron chi connectivity index (χ0n) is 11.9. The van der Waals surface area contributed by atoms with Crippen LogP contribution in [0.25, 0.3) is 0 Å². The first-order valence-corrected chi connectivity index (χ1v) is 8.88. The van der Waals surface area contributed by atoms with Crippen molar-refractivity contribution in [3.8, 4) is 0 Å². The Morgan fingerprint density at radius 2 is 2.00 bits per heavy atom. The lowest BCUT2D eigenvalue weighted by molar-refractivity contribution is 0.318. The second-order valence-electron chi connectivity index (χ2n) is 5.58. The molecule has 0 spiro atoms. The molecule has 6 heteroatoms. The zero-order valence-corrected chi connectivity index (χ0v) is 13.6. The Labute approximate surface area is 125 Å². The first-order valence-electron chi connectivity index (χ1n) is 7.26. The van der Waals surface area contributed by atoms with Crippen LogP contribution in [0.1, 0.15) is 58.4 Å². The topological polar surface area (TPSA) is 43.6 Å². The first-order chi connectivity index (χ1) is 9.24. The SMILES string of the molecule is CCCC(CS)(CCC)CSc1nnnn1C1CC1. The van der Waals surface area contributed by atoms with Gasteiger partial charge in [-0.2, -0.15) is 12.6 Å². The van der Waals surface area contributed by atoms with E-state index in [9.17, 15) is 0 Å². The van der Waals surface area contributed by atoms with Crippen LogP contribution >= 0.6 is 24.4 Å². The van der Waals surface area contributed by atoms with Crippen molar-refractivity contribution in [3.63, 3.8) is 0 Å². The van der Waals surface area contributed by atoms with Crippen LogP contribution in [0.4, 0.5) is 0 Å². The number of rotatable bonds is 9. The van der Waals surface area contributed by atoms with E-state index in [4.69, 9.17) is 0 Å². The molecule has 0 radical (unpaired) electrons. The summed E-state index contributed by atoms with van der Waals surface area (Å²) in [5.74, 6) is 2.03.